The van der Waals surface area contributed by atoms with Crippen LogP contribution in [0.25, 0.3) is 34.6 Å². The molecular weight excluding hydrogens is 334 g/mol. The minimum Gasteiger partial charge on any atom is -0.478 e. The van der Waals surface area contributed by atoms with Crippen LogP contribution in [0.2, 0.25) is 0 Å². The lowest BCUT2D eigenvalue weighted by Gasteiger charge is -2.04. The second-order valence-corrected chi connectivity index (χ2v) is 5.49. The van der Waals surface area contributed by atoms with Crippen molar-refractivity contribution >= 4 is 23.5 Å². The van der Waals surface area contributed by atoms with Crippen molar-refractivity contribution in [2.45, 2.75) is 0 Å². The highest BCUT2D eigenvalue weighted by molar-refractivity contribution is 5.85. The fraction of sp³-hybridized carbons (Fsp3) is 0. The number of carboxylic acids is 1. The predicted molar refractivity (Wildman–Crippen MR) is 95.0 cm³/mol. The van der Waals surface area contributed by atoms with Crippen LogP contribution in [-0.2, 0) is 4.79 Å². The second kappa shape index (κ2) is 6.17. The molecule has 0 atom stereocenters. The minimum atomic E-state index is -1.01. The van der Waals surface area contributed by atoms with Crippen molar-refractivity contribution in [2.75, 3.05) is 5.73 Å². The maximum Gasteiger partial charge on any atom is 0.328 e. The SMILES string of the molecule is Nc1nc(-c2cccc(/C=C/C(=O)O)c2)cn2nc(-c3ccco3)nc12. The number of furan rings is 1. The number of benzene rings is 1. The summed E-state index contributed by atoms with van der Waals surface area (Å²) in [6.45, 7) is 0. The van der Waals surface area contributed by atoms with Gasteiger partial charge < -0.3 is 15.3 Å². The Morgan fingerprint density at radius 1 is 1.23 bits per heavy atom. The Labute approximate surface area is 147 Å². The standard InChI is InChI=1S/C18H13N5O3/c19-16-18-21-17(14-5-2-8-26-14)22-23(18)10-13(20-16)12-4-1-3-11(9-12)6-7-15(24)25/h1-10H,(H2,19,20)(H,24,25)/b7-6+. The van der Waals surface area contributed by atoms with E-state index in [1.54, 1.807) is 35.2 Å². The van der Waals surface area contributed by atoms with E-state index in [0.717, 1.165) is 17.2 Å². The molecule has 0 amide bonds. The van der Waals surface area contributed by atoms with Gasteiger partial charge in [-0.2, -0.15) is 0 Å². The summed E-state index contributed by atoms with van der Waals surface area (Å²) in [6.07, 6.45) is 5.85. The summed E-state index contributed by atoms with van der Waals surface area (Å²) in [5.41, 5.74) is 8.58. The van der Waals surface area contributed by atoms with Crippen LogP contribution < -0.4 is 5.73 Å². The number of anilines is 1. The molecule has 3 N–H and O–H groups in total. The summed E-state index contributed by atoms with van der Waals surface area (Å²) in [6, 6.07) is 10.8. The van der Waals surface area contributed by atoms with E-state index in [1.165, 1.54) is 6.08 Å². The molecule has 8 nitrogen and oxygen atoms in total. The van der Waals surface area contributed by atoms with E-state index in [4.69, 9.17) is 15.3 Å². The Bertz CT molecular complexity index is 1130. The topological polar surface area (TPSA) is 120 Å². The fourth-order valence-corrected chi connectivity index (χ4v) is 2.53. The van der Waals surface area contributed by atoms with Crippen LogP contribution in [0.3, 0.4) is 0 Å². The Balaban J connectivity index is 1.78. The van der Waals surface area contributed by atoms with Crippen molar-refractivity contribution < 1.29 is 14.3 Å². The number of hydrogen-bond donors (Lipinski definition) is 2. The first-order valence-electron chi connectivity index (χ1n) is 7.68. The van der Waals surface area contributed by atoms with E-state index >= 15 is 0 Å². The maximum absolute atomic E-state index is 10.7. The Morgan fingerprint density at radius 3 is 2.88 bits per heavy atom. The summed E-state index contributed by atoms with van der Waals surface area (Å²) in [5, 5.41) is 13.1. The third kappa shape index (κ3) is 2.91. The van der Waals surface area contributed by atoms with Crippen molar-refractivity contribution in [3.63, 3.8) is 0 Å². The third-order valence-corrected chi connectivity index (χ3v) is 3.69. The summed E-state index contributed by atoms with van der Waals surface area (Å²) >= 11 is 0. The summed E-state index contributed by atoms with van der Waals surface area (Å²) in [7, 11) is 0. The van der Waals surface area contributed by atoms with Gasteiger partial charge in [0.25, 0.3) is 0 Å². The first kappa shape index (κ1) is 15.6. The number of carboxylic acid groups (broad SMARTS) is 1. The zero-order chi connectivity index (χ0) is 18.1. The van der Waals surface area contributed by atoms with Crippen LogP contribution in [-0.4, -0.2) is 30.7 Å². The molecule has 0 radical (unpaired) electrons. The predicted octanol–water partition coefficient (Wildman–Crippen LogP) is 2.73. The summed E-state index contributed by atoms with van der Waals surface area (Å²) < 4.78 is 6.86. The quantitative estimate of drug-likeness (QED) is 0.545. The molecule has 0 fully saturated rings. The van der Waals surface area contributed by atoms with Crippen LogP contribution in [0.15, 0.2) is 59.4 Å². The lowest BCUT2D eigenvalue weighted by Crippen LogP contribution is -2.00. The molecule has 0 saturated carbocycles. The van der Waals surface area contributed by atoms with Crippen molar-refractivity contribution in [3.05, 3.63) is 60.5 Å². The molecule has 4 rings (SSSR count). The van der Waals surface area contributed by atoms with Gasteiger partial charge in [-0.1, -0.05) is 18.2 Å². The number of carbonyl (C=O) groups is 1. The number of fused-ring (bicyclic) bond motifs is 1. The lowest BCUT2D eigenvalue weighted by atomic mass is 10.1. The maximum atomic E-state index is 10.7. The molecule has 3 aromatic heterocycles. The number of aromatic nitrogens is 4. The highest BCUT2D eigenvalue weighted by Crippen LogP contribution is 2.24. The molecule has 0 aliphatic rings. The van der Waals surface area contributed by atoms with Crippen molar-refractivity contribution in [1.82, 2.24) is 19.6 Å². The van der Waals surface area contributed by atoms with Crippen molar-refractivity contribution in [3.8, 4) is 22.8 Å². The largest absolute Gasteiger partial charge is 0.478 e. The zero-order valence-electron chi connectivity index (χ0n) is 13.4. The van der Waals surface area contributed by atoms with Gasteiger partial charge >= 0.3 is 5.97 Å². The number of nitrogens with zero attached hydrogens (tertiary/aromatic N) is 4. The van der Waals surface area contributed by atoms with Crippen molar-refractivity contribution in [1.29, 1.82) is 0 Å². The highest BCUT2D eigenvalue weighted by atomic mass is 16.4. The van der Waals surface area contributed by atoms with Gasteiger partial charge in [0.2, 0.25) is 5.82 Å². The molecule has 0 saturated heterocycles. The normalized spacial score (nSPS) is 11.4. The van der Waals surface area contributed by atoms with Gasteiger partial charge in [-0.15, -0.1) is 5.10 Å². The third-order valence-electron chi connectivity index (χ3n) is 3.69. The lowest BCUT2D eigenvalue weighted by molar-refractivity contribution is -0.131. The molecule has 3 heterocycles. The number of rotatable bonds is 4. The molecule has 0 aliphatic carbocycles. The summed E-state index contributed by atoms with van der Waals surface area (Å²) in [4.78, 5) is 19.4. The fourth-order valence-electron chi connectivity index (χ4n) is 2.53. The van der Waals surface area contributed by atoms with E-state index in [9.17, 15) is 4.79 Å². The zero-order valence-corrected chi connectivity index (χ0v) is 13.4. The molecular formula is C18H13N5O3. The van der Waals surface area contributed by atoms with Gasteiger partial charge in [-0.05, 0) is 29.8 Å². The van der Waals surface area contributed by atoms with Crippen LogP contribution in [0.5, 0.6) is 0 Å². The Kier molecular flexibility index (Phi) is 3.70. The smallest absolute Gasteiger partial charge is 0.328 e. The molecule has 128 valence electrons. The van der Waals surface area contributed by atoms with E-state index in [2.05, 4.69) is 15.1 Å². The number of nitrogen functional groups attached to an aromatic ring is 1. The number of hydrogen-bond acceptors (Lipinski definition) is 6. The summed E-state index contributed by atoms with van der Waals surface area (Å²) in [5.74, 6) is 0.181. The van der Waals surface area contributed by atoms with E-state index in [0.29, 0.717) is 22.9 Å². The van der Waals surface area contributed by atoms with Crippen molar-refractivity contribution in [2.24, 2.45) is 0 Å². The molecule has 4 aromatic rings. The first-order chi connectivity index (χ1) is 12.6. The van der Waals surface area contributed by atoms with Gasteiger partial charge in [0.15, 0.2) is 17.2 Å². The molecule has 0 aliphatic heterocycles. The van der Waals surface area contributed by atoms with Gasteiger partial charge in [0.1, 0.15) is 0 Å². The Hall–Kier alpha value is -3.94. The molecule has 8 heteroatoms. The van der Waals surface area contributed by atoms with Crippen LogP contribution in [0.4, 0.5) is 5.82 Å². The average Bonchev–Trinajstić information content (AvgIpc) is 3.29. The van der Waals surface area contributed by atoms with E-state index in [-0.39, 0.29) is 5.82 Å². The minimum absolute atomic E-state index is 0.235. The van der Waals surface area contributed by atoms with Crippen LogP contribution in [0, 0.1) is 0 Å². The average molecular weight is 347 g/mol. The number of nitrogens with two attached hydrogens (primary N) is 1. The monoisotopic (exact) mass is 347 g/mol. The van der Waals surface area contributed by atoms with E-state index in [1.807, 2.05) is 18.2 Å². The molecule has 26 heavy (non-hydrogen) atoms. The number of aliphatic carboxylic acids is 1. The molecule has 0 bridgehead atoms. The molecule has 0 unspecified atom stereocenters. The molecule has 1 aromatic carbocycles. The second-order valence-electron chi connectivity index (χ2n) is 5.49. The van der Waals surface area contributed by atoms with Crippen LogP contribution in [0.1, 0.15) is 5.56 Å². The van der Waals surface area contributed by atoms with Gasteiger partial charge in [0, 0.05) is 11.6 Å². The van der Waals surface area contributed by atoms with E-state index < -0.39 is 5.97 Å². The van der Waals surface area contributed by atoms with Gasteiger partial charge in [-0.25, -0.2) is 19.3 Å². The molecule has 0 spiro atoms. The van der Waals surface area contributed by atoms with Gasteiger partial charge in [-0.3, -0.25) is 0 Å². The van der Waals surface area contributed by atoms with Crippen LogP contribution >= 0.6 is 0 Å². The van der Waals surface area contributed by atoms with Gasteiger partial charge in [0.05, 0.1) is 18.2 Å². The first-order valence-corrected chi connectivity index (χ1v) is 7.68. The Morgan fingerprint density at radius 2 is 2.12 bits per heavy atom. The highest BCUT2D eigenvalue weighted by Gasteiger charge is 2.13.